The number of nitrogens with two attached hydrogens (primary N) is 1. The minimum Gasteiger partial charge on any atom is -0.271 e. The summed E-state index contributed by atoms with van der Waals surface area (Å²) in [4.78, 5) is 0. The Bertz CT molecular complexity index is 294. The Labute approximate surface area is 85.8 Å². The van der Waals surface area contributed by atoms with E-state index in [9.17, 15) is 0 Å². The zero-order valence-corrected chi connectivity index (χ0v) is 8.66. The fourth-order valence-corrected chi connectivity index (χ4v) is 1.47. The van der Waals surface area contributed by atoms with Crippen LogP contribution in [0.15, 0.2) is 36.9 Å². The summed E-state index contributed by atoms with van der Waals surface area (Å²) in [6.07, 6.45) is 3.87. The van der Waals surface area contributed by atoms with E-state index in [2.05, 4.69) is 43.2 Å². The monoisotopic (exact) mass is 190 g/mol. The molecule has 1 rings (SSSR count). The third-order valence-corrected chi connectivity index (χ3v) is 2.48. The van der Waals surface area contributed by atoms with Gasteiger partial charge < -0.3 is 0 Å². The molecule has 0 aliphatic rings. The Balaban J connectivity index is 2.53. The molecular weight excluding hydrogens is 172 g/mol. The third kappa shape index (κ3) is 2.98. The maximum Gasteiger partial charge on any atom is 0.0391 e. The smallest absolute Gasteiger partial charge is 0.0391 e. The summed E-state index contributed by atoms with van der Waals surface area (Å²) in [5, 5.41) is 0. The minimum atomic E-state index is 0.203. The summed E-state index contributed by atoms with van der Waals surface area (Å²) in [5.41, 5.74) is 5.45. The molecule has 0 fully saturated rings. The second-order valence-electron chi connectivity index (χ2n) is 3.47. The van der Waals surface area contributed by atoms with Crippen molar-refractivity contribution >= 4 is 0 Å². The first-order valence-electron chi connectivity index (χ1n) is 4.91. The zero-order chi connectivity index (χ0) is 10.4. The summed E-state index contributed by atoms with van der Waals surface area (Å²) < 4.78 is 0. The van der Waals surface area contributed by atoms with Gasteiger partial charge in [0, 0.05) is 6.04 Å². The van der Waals surface area contributed by atoms with E-state index in [1.165, 1.54) is 11.1 Å². The van der Waals surface area contributed by atoms with Gasteiger partial charge in [0.25, 0.3) is 0 Å². The van der Waals surface area contributed by atoms with E-state index in [1.807, 2.05) is 6.08 Å². The highest BCUT2D eigenvalue weighted by Gasteiger charge is 2.02. The molecule has 0 bridgehead atoms. The van der Waals surface area contributed by atoms with Crippen LogP contribution in [0.5, 0.6) is 0 Å². The Hall–Kier alpha value is -1.12. The number of aryl methyl sites for hydroxylation is 2. The molecule has 0 aliphatic heterocycles. The van der Waals surface area contributed by atoms with Crippen molar-refractivity contribution in [1.82, 2.24) is 5.43 Å². The molecule has 1 atom stereocenters. The van der Waals surface area contributed by atoms with Gasteiger partial charge in [0.05, 0.1) is 0 Å². The van der Waals surface area contributed by atoms with Crippen molar-refractivity contribution in [2.75, 3.05) is 0 Å². The molecule has 0 heterocycles. The highest BCUT2D eigenvalue weighted by Crippen LogP contribution is 2.10. The van der Waals surface area contributed by atoms with Crippen LogP contribution >= 0.6 is 0 Å². The first kappa shape index (κ1) is 11.0. The molecule has 0 aromatic heterocycles. The summed E-state index contributed by atoms with van der Waals surface area (Å²) in [6, 6.07) is 8.63. The van der Waals surface area contributed by atoms with Crippen molar-refractivity contribution < 1.29 is 0 Å². The lowest BCUT2D eigenvalue weighted by Gasteiger charge is -2.11. The molecule has 3 N–H and O–H groups in total. The van der Waals surface area contributed by atoms with Gasteiger partial charge in [0.2, 0.25) is 0 Å². The Morgan fingerprint density at radius 2 is 2.21 bits per heavy atom. The van der Waals surface area contributed by atoms with Crippen LogP contribution < -0.4 is 11.3 Å². The largest absolute Gasteiger partial charge is 0.271 e. The molecule has 2 heteroatoms. The van der Waals surface area contributed by atoms with Crippen molar-refractivity contribution in [3.8, 4) is 0 Å². The van der Waals surface area contributed by atoms with Gasteiger partial charge in [-0.2, -0.15) is 0 Å². The second-order valence-corrected chi connectivity index (χ2v) is 3.47. The highest BCUT2D eigenvalue weighted by atomic mass is 15.2. The number of nitrogens with one attached hydrogen (secondary N) is 1. The summed E-state index contributed by atoms with van der Waals surface area (Å²) in [7, 11) is 0. The second kappa shape index (κ2) is 5.58. The summed E-state index contributed by atoms with van der Waals surface area (Å²) in [5.74, 6) is 5.36. The Morgan fingerprint density at radius 1 is 1.50 bits per heavy atom. The number of benzene rings is 1. The first-order valence-corrected chi connectivity index (χ1v) is 4.91. The molecular formula is C12H18N2. The molecule has 1 aromatic rings. The molecule has 2 nitrogen and oxygen atoms in total. The van der Waals surface area contributed by atoms with E-state index in [4.69, 9.17) is 5.84 Å². The van der Waals surface area contributed by atoms with Crippen LogP contribution in [-0.4, -0.2) is 6.04 Å². The molecule has 0 radical (unpaired) electrons. The van der Waals surface area contributed by atoms with Gasteiger partial charge in [-0.1, -0.05) is 30.3 Å². The van der Waals surface area contributed by atoms with E-state index in [0.717, 1.165) is 12.8 Å². The van der Waals surface area contributed by atoms with Crippen LogP contribution in [0.2, 0.25) is 0 Å². The SMILES string of the molecule is C=CC(CCc1ccccc1C)NN. The maximum absolute atomic E-state index is 5.36. The van der Waals surface area contributed by atoms with Crippen molar-refractivity contribution in [3.05, 3.63) is 48.0 Å². The Kier molecular flexibility index (Phi) is 4.36. The quantitative estimate of drug-likeness (QED) is 0.423. The van der Waals surface area contributed by atoms with Crippen LogP contribution in [0, 0.1) is 6.92 Å². The predicted molar refractivity (Wildman–Crippen MR) is 60.8 cm³/mol. The first-order chi connectivity index (χ1) is 6.77. The van der Waals surface area contributed by atoms with Crippen LogP contribution in [0.4, 0.5) is 0 Å². The van der Waals surface area contributed by atoms with Crippen LogP contribution in [0.1, 0.15) is 17.5 Å². The highest BCUT2D eigenvalue weighted by molar-refractivity contribution is 5.25. The van der Waals surface area contributed by atoms with Gasteiger partial charge >= 0.3 is 0 Å². The van der Waals surface area contributed by atoms with Gasteiger partial charge in [-0.3, -0.25) is 11.3 Å². The number of hydrogen-bond donors (Lipinski definition) is 2. The van der Waals surface area contributed by atoms with Gasteiger partial charge in [0.1, 0.15) is 0 Å². The lowest BCUT2D eigenvalue weighted by Crippen LogP contribution is -2.33. The minimum absolute atomic E-state index is 0.203. The topological polar surface area (TPSA) is 38.0 Å². The fraction of sp³-hybridized carbons (Fsp3) is 0.333. The molecule has 1 unspecified atom stereocenters. The maximum atomic E-state index is 5.36. The molecule has 0 aliphatic carbocycles. The van der Waals surface area contributed by atoms with E-state index in [1.54, 1.807) is 0 Å². The van der Waals surface area contributed by atoms with Gasteiger partial charge in [0.15, 0.2) is 0 Å². The van der Waals surface area contributed by atoms with Crippen LogP contribution in [0.3, 0.4) is 0 Å². The van der Waals surface area contributed by atoms with Gasteiger partial charge in [-0.05, 0) is 30.9 Å². The van der Waals surface area contributed by atoms with Crippen molar-refractivity contribution in [2.24, 2.45) is 5.84 Å². The summed E-state index contributed by atoms with van der Waals surface area (Å²) in [6.45, 7) is 5.86. The number of hydrazine groups is 1. The standard InChI is InChI=1S/C12H18N2/c1-3-12(14-13)9-8-11-7-5-4-6-10(11)2/h3-7,12,14H,1,8-9,13H2,2H3. The molecule has 0 saturated carbocycles. The summed E-state index contributed by atoms with van der Waals surface area (Å²) >= 11 is 0. The van der Waals surface area contributed by atoms with Crippen molar-refractivity contribution in [3.63, 3.8) is 0 Å². The van der Waals surface area contributed by atoms with Crippen molar-refractivity contribution in [1.29, 1.82) is 0 Å². The lowest BCUT2D eigenvalue weighted by atomic mass is 10.0. The number of rotatable bonds is 5. The van der Waals surface area contributed by atoms with Crippen LogP contribution in [0.25, 0.3) is 0 Å². The number of hydrogen-bond acceptors (Lipinski definition) is 2. The lowest BCUT2D eigenvalue weighted by molar-refractivity contribution is 0.577. The fourth-order valence-electron chi connectivity index (χ4n) is 1.47. The predicted octanol–water partition coefficient (Wildman–Crippen LogP) is 1.95. The zero-order valence-electron chi connectivity index (χ0n) is 8.66. The van der Waals surface area contributed by atoms with E-state index in [0.29, 0.717) is 0 Å². The van der Waals surface area contributed by atoms with E-state index >= 15 is 0 Å². The average molecular weight is 190 g/mol. The molecule has 76 valence electrons. The molecule has 14 heavy (non-hydrogen) atoms. The third-order valence-electron chi connectivity index (χ3n) is 2.48. The molecule has 0 spiro atoms. The Morgan fingerprint density at radius 3 is 2.79 bits per heavy atom. The normalized spacial score (nSPS) is 12.4. The van der Waals surface area contributed by atoms with Gasteiger partial charge in [-0.15, -0.1) is 6.58 Å². The van der Waals surface area contributed by atoms with Crippen LogP contribution in [-0.2, 0) is 6.42 Å². The van der Waals surface area contributed by atoms with Gasteiger partial charge in [-0.25, -0.2) is 0 Å². The van der Waals surface area contributed by atoms with Crippen molar-refractivity contribution in [2.45, 2.75) is 25.8 Å². The molecule has 0 amide bonds. The molecule has 1 aromatic carbocycles. The van der Waals surface area contributed by atoms with E-state index < -0.39 is 0 Å². The molecule has 0 saturated heterocycles. The van der Waals surface area contributed by atoms with E-state index in [-0.39, 0.29) is 6.04 Å². The average Bonchev–Trinajstić information content (AvgIpc) is 2.22.